The summed E-state index contributed by atoms with van der Waals surface area (Å²) in [5, 5.41) is 4.07. The summed E-state index contributed by atoms with van der Waals surface area (Å²) < 4.78 is 11.5. The minimum atomic E-state index is -0.394. The number of rotatable bonds is 6. The second kappa shape index (κ2) is 6.24. The average molecular weight is 227 g/mol. The fourth-order valence-corrected chi connectivity index (χ4v) is 1.40. The lowest BCUT2D eigenvalue weighted by atomic mass is 10.3. The molecule has 1 unspecified atom stereocenters. The lowest BCUT2D eigenvalue weighted by molar-refractivity contribution is 0.0503. The SMILES string of the molecule is CCOC(=O)c1ccnn1C(CN)COC. The number of nitrogens with zero attached hydrogens (tertiary/aromatic N) is 2. The van der Waals surface area contributed by atoms with Crippen LogP contribution in [0.15, 0.2) is 12.3 Å². The first-order chi connectivity index (χ1) is 7.74. The van der Waals surface area contributed by atoms with Crippen LogP contribution in [-0.4, -0.2) is 42.6 Å². The van der Waals surface area contributed by atoms with Crippen molar-refractivity contribution in [3.05, 3.63) is 18.0 Å². The molecule has 0 bridgehead atoms. The van der Waals surface area contributed by atoms with E-state index in [1.165, 1.54) is 0 Å². The van der Waals surface area contributed by atoms with Crippen molar-refractivity contribution >= 4 is 5.97 Å². The molecule has 1 atom stereocenters. The zero-order valence-corrected chi connectivity index (χ0v) is 9.55. The molecular formula is C10H17N3O3. The maximum absolute atomic E-state index is 11.6. The molecule has 0 saturated carbocycles. The highest BCUT2D eigenvalue weighted by atomic mass is 16.5. The third kappa shape index (κ3) is 2.80. The van der Waals surface area contributed by atoms with Crippen LogP contribution in [0.1, 0.15) is 23.5 Å². The first kappa shape index (κ1) is 12.7. The van der Waals surface area contributed by atoms with E-state index in [2.05, 4.69) is 5.10 Å². The van der Waals surface area contributed by atoms with E-state index in [4.69, 9.17) is 15.2 Å². The van der Waals surface area contributed by atoms with Gasteiger partial charge >= 0.3 is 5.97 Å². The van der Waals surface area contributed by atoms with Gasteiger partial charge in [-0.3, -0.25) is 4.68 Å². The number of carbonyl (C=O) groups is 1. The number of carbonyl (C=O) groups excluding carboxylic acids is 1. The van der Waals surface area contributed by atoms with Crippen LogP contribution in [0.2, 0.25) is 0 Å². The van der Waals surface area contributed by atoms with Crippen LogP contribution >= 0.6 is 0 Å². The monoisotopic (exact) mass is 227 g/mol. The summed E-state index contributed by atoms with van der Waals surface area (Å²) in [4.78, 5) is 11.6. The number of methoxy groups -OCH3 is 1. The Morgan fingerprint density at radius 2 is 2.44 bits per heavy atom. The van der Waals surface area contributed by atoms with Gasteiger partial charge in [0.2, 0.25) is 0 Å². The van der Waals surface area contributed by atoms with Gasteiger partial charge in [0.15, 0.2) is 0 Å². The predicted molar refractivity (Wildman–Crippen MR) is 58.2 cm³/mol. The van der Waals surface area contributed by atoms with E-state index in [1.807, 2.05) is 0 Å². The number of nitrogens with two attached hydrogens (primary N) is 1. The predicted octanol–water partition coefficient (Wildman–Crippen LogP) is 0.206. The first-order valence-corrected chi connectivity index (χ1v) is 5.14. The van der Waals surface area contributed by atoms with Gasteiger partial charge < -0.3 is 15.2 Å². The van der Waals surface area contributed by atoms with Gasteiger partial charge in [-0.1, -0.05) is 0 Å². The van der Waals surface area contributed by atoms with Gasteiger partial charge in [0.25, 0.3) is 0 Å². The molecule has 0 aromatic carbocycles. The molecule has 0 saturated heterocycles. The standard InChI is InChI=1S/C10H17N3O3/c1-3-16-10(14)9-4-5-12-13(9)8(6-11)7-15-2/h4-5,8H,3,6-7,11H2,1-2H3. The second-order valence-corrected chi connectivity index (χ2v) is 3.23. The van der Waals surface area contributed by atoms with Gasteiger partial charge in [-0.2, -0.15) is 5.10 Å². The second-order valence-electron chi connectivity index (χ2n) is 3.23. The molecule has 0 aliphatic carbocycles. The van der Waals surface area contributed by atoms with E-state index in [1.54, 1.807) is 31.0 Å². The molecule has 6 heteroatoms. The van der Waals surface area contributed by atoms with Gasteiger partial charge in [0.05, 0.1) is 19.3 Å². The minimum Gasteiger partial charge on any atom is -0.461 e. The zero-order chi connectivity index (χ0) is 12.0. The average Bonchev–Trinajstić information content (AvgIpc) is 2.75. The molecule has 1 aromatic heterocycles. The number of ether oxygens (including phenoxy) is 2. The van der Waals surface area contributed by atoms with Crippen LogP contribution in [0.3, 0.4) is 0 Å². The lowest BCUT2D eigenvalue weighted by Gasteiger charge is -2.16. The number of aromatic nitrogens is 2. The Labute approximate surface area is 94.3 Å². The topological polar surface area (TPSA) is 79.4 Å². The highest BCUT2D eigenvalue weighted by molar-refractivity contribution is 5.87. The minimum absolute atomic E-state index is 0.153. The molecule has 90 valence electrons. The normalized spacial score (nSPS) is 12.4. The summed E-state index contributed by atoms with van der Waals surface area (Å²) in [6.07, 6.45) is 1.55. The molecular weight excluding hydrogens is 210 g/mol. The third-order valence-electron chi connectivity index (χ3n) is 2.13. The molecule has 0 aliphatic heterocycles. The van der Waals surface area contributed by atoms with Crippen molar-refractivity contribution in [3.8, 4) is 0 Å². The van der Waals surface area contributed by atoms with Crippen molar-refractivity contribution in [2.45, 2.75) is 13.0 Å². The lowest BCUT2D eigenvalue weighted by Crippen LogP contribution is -2.27. The Hall–Kier alpha value is -1.40. The summed E-state index contributed by atoms with van der Waals surface area (Å²) in [7, 11) is 1.58. The summed E-state index contributed by atoms with van der Waals surface area (Å²) >= 11 is 0. The Morgan fingerprint density at radius 3 is 3.00 bits per heavy atom. The van der Waals surface area contributed by atoms with E-state index < -0.39 is 5.97 Å². The van der Waals surface area contributed by atoms with Crippen molar-refractivity contribution < 1.29 is 14.3 Å². The van der Waals surface area contributed by atoms with Crippen LogP contribution in [0.4, 0.5) is 0 Å². The highest BCUT2D eigenvalue weighted by Gasteiger charge is 2.18. The van der Waals surface area contributed by atoms with Crippen LogP contribution in [0.25, 0.3) is 0 Å². The molecule has 0 aliphatic rings. The van der Waals surface area contributed by atoms with E-state index >= 15 is 0 Å². The van der Waals surface area contributed by atoms with Crippen LogP contribution in [0, 0.1) is 0 Å². The van der Waals surface area contributed by atoms with E-state index in [9.17, 15) is 4.79 Å². The molecule has 6 nitrogen and oxygen atoms in total. The Morgan fingerprint density at radius 1 is 1.69 bits per heavy atom. The highest BCUT2D eigenvalue weighted by Crippen LogP contribution is 2.10. The van der Waals surface area contributed by atoms with Gasteiger partial charge in [0, 0.05) is 19.9 Å². The van der Waals surface area contributed by atoms with Crippen molar-refractivity contribution in [1.82, 2.24) is 9.78 Å². The van der Waals surface area contributed by atoms with E-state index in [0.29, 0.717) is 25.5 Å². The van der Waals surface area contributed by atoms with Crippen LogP contribution < -0.4 is 5.73 Å². The summed E-state index contributed by atoms with van der Waals surface area (Å²) in [6.45, 7) is 2.85. The van der Waals surface area contributed by atoms with Crippen LogP contribution in [-0.2, 0) is 9.47 Å². The Balaban J connectivity index is 2.87. The summed E-state index contributed by atoms with van der Waals surface area (Å²) in [5.74, 6) is -0.394. The number of esters is 1. The van der Waals surface area contributed by atoms with Crippen molar-refractivity contribution in [2.24, 2.45) is 5.73 Å². The smallest absolute Gasteiger partial charge is 0.356 e. The van der Waals surface area contributed by atoms with Gasteiger partial charge in [-0.05, 0) is 13.0 Å². The van der Waals surface area contributed by atoms with Gasteiger partial charge in [-0.15, -0.1) is 0 Å². The molecule has 1 aromatic rings. The van der Waals surface area contributed by atoms with Crippen molar-refractivity contribution in [1.29, 1.82) is 0 Å². The molecule has 0 amide bonds. The number of hydrogen-bond donors (Lipinski definition) is 1. The molecule has 2 N–H and O–H groups in total. The number of hydrogen-bond acceptors (Lipinski definition) is 5. The molecule has 0 fully saturated rings. The van der Waals surface area contributed by atoms with Gasteiger partial charge in [0.1, 0.15) is 5.69 Å². The molecule has 1 heterocycles. The molecule has 0 spiro atoms. The van der Waals surface area contributed by atoms with E-state index in [-0.39, 0.29) is 6.04 Å². The van der Waals surface area contributed by atoms with Crippen molar-refractivity contribution in [3.63, 3.8) is 0 Å². The Bertz CT molecular complexity index is 338. The molecule has 16 heavy (non-hydrogen) atoms. The summed E-state index contributed by atoms with van der Waals surface area (Å²) in [5.41, 5.74) is 6.00. The third-order valence-corrected chi connectivity index (χ3v) is 2.13. The zero-order valence-electron chi connectivity index (χ0n) is 9.55. The molecule has 0 radical (unpaired) electrons. The fourth-order valence-electron chi connectivity index (χ4n) is 1.40. The quantitative estimate of drug-likeness (QED) is 0.702. The largest absolute Gasteiger partial charge is 0.461 e. The summed E-state index contributed by atoms with van der Waals surface area (Å²) in [6, 6.07) is 1.45. The first-order valence-electron chi connectivity index (χ1n) is 5.14. The van der Waals surface area contributed by atoms with E-state index in [0.717, 1.165) is 0 Å². The van der Waals surface area contributed by atoms with Gasteiger partial charge in [-0.25, -0.2) is 4.79 Å². The fraction of sp³-hybridized carbons (Fsp3) is 0.600. The van der Waals surface area contributed by atoms with Crippen molar-refractivity contribution in [2.75, 3.05) is 26.9 Å². The van der Waals surface area contributed by atoms with Crippen LogP contribution in [0.5, 0.6) is 0 Å². The maximum Gasteiger partial charge on any atom is 0.356 e. The molecule has 1 rings (SSSR count). The Kier molecular flexibility index (Phi) is 4.94. The maximum atomic E-state index is 11.6.